The molecule has 5 heteroatoms. The minimum atomic E-state index is 0.336. The molecule has 0 atom stereocenters. The number of ether oxygens (including phenoxy) is 1. The van der Waals surface area contributed by atoms with Crippen LogP contribution < -0.4 is 10.1 Å². The number of aromatic nitrogens is 2. The van der Waals surface area contributed by atoms with E-state index in [1.165, 1.54) is 0 Å². The Hall–Kier alpha value is -0.810. The van der Waals surface area contributed by atoms with Gasteiger partial charge < -0.3 is 10.1 Å². The molecule has 1 aromatic rings. The first-order valence-electron chi connectivity index (χ1n) is 5.49. The van der Waals surface area contributed by atoms with Gasteiger partial charge in [0, 0.05) is 6.07 Å². The zero-order valence-corrected chi connectivity index (χ0v) is 10.5. The minimum Gasteiger partial charge on any atom is -0.474 e. The van der Waals surface area contributed by atoms with Crippen LogP contribution in [0.5, 0.6) is 5.88 Å². The highest BCUT2D eigenvalue weighted by Crippen LogP contribution is 2.30. The second-order valence-electron chi connectivity index (χ2n) is 4.03. The predicted molar refractivity (Wildman–Crippen MR) is 64.9 cm³/mol. The summed E-state index contributed by atoms with van der Waals surface area (Å²) in [5.41, 5.74) is 0. The van der Waals surface area contributed by atoms with Gasteiger partial charge in [-0.15, -0.1) is 11.8 Å². The number of thioether (sulfide) groups is 1. The van der Waals surface area contributed by atoms with E-state index >= 15 is 0 Å². The van der Waals surface area contributed by atoms with Gasteiger partial charge in [-0.05, 0) is 38.6 Å². The molecular weight excluding hydrogens is 222 g/mol. The maximum absolute atomic E-state index is 5.78. The average Bonchev–Trinajstić information content (AvgIpc) is 2.27. The molecule has 1 saturated carbocycles. The first-order valence-corrected chi connectivity index (χ1v) is 6.71. The highest BCUT2D eigenvalue weighted by atomic mass is 32.2. The summed E-state index contributed by atoms with van der Waals surface area (Å²) in [5.74, 6) is 1.46. The fourth-order valence-electron chi connectivity index (χ4n) is 1.90. The topological polar surface area (TPSA) is 47.0 Å². The normalized spacial score (nSPS) is 23.9. The quantitative estimate of drug-likeness (QED) is 0.624. The molecule has 0 bridgehead atoms. The molecule has 2 rings (SSSR count). The number of hydrogen-bond donors (Lipinski definition) is 1. The van der Waals surface area contributed by atoms with Crippen molar-refractivity contribution in [1.82, 2.24) is 15.3 Å². The van der Waals surface area contributed by atoms with Crippen molar-refractivity contribution in [1.29, 1.82) is 0 Å². The summed E-state index contributed by atoms with van der Waals surface area (Å²) in [4.78, 5) is 8.23. The van der Waals surface area contributed by atoms with Gasteiger partial charge in [0.05, 0.1) is 0 Å². The predicted octanol–water partition coefficient (Wildman–Crippen LogP) is 1.58. The lowest BCUT2D eigenvalue weighted by Gasteiger charge is -2.34. The summed E-state index contributed by atoms with van der Waals surface area (Å²) in [6, 6.07) is 1.90. The van der Waals surface area contributed by atoms with E-state index in [0.29, 0.717) is 12.0 Å². The van der Waals surface area contributed by atoms with Crippen LogP contribution in [0, 0.1) is 5.92 Å². The Labute approximate surface area is 100 Å². The van der Waals surface area contributed by atoms with E-state index in [0.717, 1.165) is 30.3 Å². The summed E-state index contributed by atoms with van der Waals surface area (Å²) in [6.07, 6.45) is 6.14. The van der Waals surface area contributed by atoms with E-state index in [2.05, 4.69) is 15.3 Å². The molecular formula is C11H17N3OS. The molecule has 16 heavy (non-hydrogen) atoms. The monoisotopic (exact) mass is 239 g/mol. The van der Waals surface area contributed by atoms with E-state index in [4.69, 9.17) is 4.74 Å². The molecule has 0 aliphatic heterocycles. The fourth-order valence-corrected chi connectivity index (χ4v) is 2.27. The van der Waals surface area contributed by atoms with Crippen LogP contribution in [0.2, 0.25) is 0 Å². The van der Waals surface area contributed by atoms with Crippen LogP contribution in [0.3, 0.4) is 0 Å². The molecule has 4 nitrogen and oxygen atoms in total. The summed E-state index contributed by atoms with van der Waals surface area (Å²) >= 11 is 1.60. The molecule has 1 aliphatic carbocycles. The van der Waals surface area contributed by atoms with Crippen LogP contribution in [-0.2, 0) is 0 Å². The third-order valence-electron chi connectivity index (χ3n) is 2.80. The van der Waals surface area contributed by atoms with Crippen molar-refractivity contribution in [3.05, 3.63) is 12.4 Å². The summed E-state index contributed by atoms with van der Waals surface area (Å²) in [7, 11) is 1.99. The largest absolute Gasteiger partial charge is 0.474 e. The summed E-state index contributed by atoms with van der Waals surface area (Å²) in [5, 5.41) is 4.14. The Morgan fingerprint density at radius 1 is 1.50 bits per heavy atom. The van der Waals surface area contributed by atoms with Crippen molar-refractivity contribution in [2.45, 2.75) is 24.0 Å². The molecule has 0 aromatic carbocycles. The van der Waals surface area contributed by atoms with Crippen LogP contribution in [0.15, 0.2) is 17.4 Å². The average molecular weight is 239 g/mol. The standard InChI is InChI=1S/C11H17N3OS/c1-12-6-8-3-9(4-8)15-10-5-11(16-2)14-7-13-10/h5,7-9,12H,3-4,6H2,1-2H3. The van der Waals surface area contributed by atoms with E-state index in [-0.39, 0.29) is 0 Å². The van der Waals surface area contributed by atoms with Crippen LogP contribution in [0.25, 0.3) is 0 Å². The number of rotatable bonds is 5. The van der Waals surface area contributed by atoms with Crippen LogP contribution >= 0.6 is 11.8 Å². The maximum Gasteiger partial charge on any atom is 0.217 e. The second-order valence-corrected chi connectivity index (χ2v) is 4.86. The molecule has 0 amide bonds. The van der Waals surface area contributed by atoms with Gasteiger partial charge >= 0.3 is 0 Å². The first-order chi connectivity index (χ1) is 7.81. The maximum atomic E-state index is 5.78. The summed E-state index contributed by atoms with van der Waals surface area (Å²) < 4.78 is 5.78. The Bertz CT molecular complexity index is 342. The van der Waals surface area contributed by atoms with Gasteiger partial charge in [-0.3, -0.25) is 0 Å². The van der Waals surface area contributed by atoms with Crippen molar-refractivity contribution in [3.8, 4) is 5.88 Å². The van der Waals surface area contributed by atoms with E-state index in [9.17, 15) is 0 Å². The lowest BCUT2D eigenvalue weighted by atomic mass is 9.82. The molecule has 1 aliphatic rings. The molecule has 0 unspecified atom stereocenters. The number of nitrogens with one attached hydrogen (secondary N) is 1. The smallest absolute Gasteiger partial charge is 0.217 e. The number of hydrogen-bond acceptors (Lipinski definition) is 5. The Balaban J connectivity index is 1.82. The summed E-state index contributed by atoms with van der Waals surface area (Å²) in [6.45, 7) is 1.08. The molecule has 1 N–H and O–H groups in total. The fraction of sp³-hybridized carbons (Fsp3) is 0.636. The highest BCUT2D eigenvalue weighted by molar-refractivity contribution is 7.98. The lowest BCUT2D eigenvalue weighted by Crippen LogP contribution is -2.38. The molecule has 0 saturated heterocycles. The molecule has 0 spiro atoms. The van der Waals surface area contributed by atoms with Gasteiger partial charge in [0.2, 0.25) is 5.88 Å². The lowest BCUT2D eigenvalue weighted by molar-refractivity contribution is 0.0613. The van der Waals surface area contributed by atoms with Gasteiger partial charge in [-0.2, -0.15) is 0 Å². The Morgan fingerprint density at radius 3 is 3.00 bits per heavy atom. The molecule has 1 fully saturated rings. The SMILES string of the molecule is CNCC1CC(Oc2cc(SC)ncn2)C1. The first kappa shape index (κ1) is 11.7. The van der Waals surface area contributed by atoms with Gasteiger partial charge in [0.1, 0.15) is 17.5 Å². The molecule has 88 valence electrons. The third-order valence-corrected chi connectivity index (χ3v) is 3.44. The minimum absolute atomic E-state index is 0.336. The van der Waals surface area contributed by atoms with Crippen molar-refractivity contribution in [2.75, 3.05) is 19.8 Å². The van der Waals surface area contributed by atoms with Crippen LogP contribution in [-0.4, -0.2) is 35.9 Å². The van der Waals surface area contributed by atoms with E-state index in [1.807, 2.05) is 19.4 Å². The number of nitrogens with zero attached hydrogens (tertiary/aromatic N) is 2. The van der Waals surface area contributed by atoms with Gasteiger partial charge in [-0.25, -0.2) is 9.97 Å². The van der Waals surface area contributed by atoms with Gasteiger partial charge in [-0.1, -0.05) is 0 Å². The molecule has 0 radical (unpaired) electrons. The van der Waals surface area contributed by atoms with Crippen LogP contribution in [0.4, 0.5) is 0 Å². The Morgan fingerprint density at radius 2 is 2.31 bits per heavy atom. The molecule has 1 aromatic heterocycles. The molecule has 1 heterocycles. The van der Waals surface area contributed by atoms with Crippen molar-refractivity contribution < 1.29 is 4.74 Å². The van der Waals surface area contributed by atoms with E-state index in [1.54, 1.807) is 18.1 Å². The zero-order valence-electron chi connectivity index (χ0n) is 9.64. The Kier molecular flexibility index (Phi) is 4.01. The van der Waals surface area contributed by atoms with Crippen molar-refractivity contribution in [3.63, 3.8) is 0 Å². The van der Waals surface area contributed by atoms with Gasteiger partial charge in [0.15, 0.2) is 0 Å². The second kappa shape index (κ2) is 5.50. The van der Waals surface area contributed by atoms with Crippen molar-refractivity contribution in [2.24, 2.45) is 5.92 Å². The van der Waals surface area contributed by atoms with E-state index < -0.39 is 0 Å². The third kappa shape index (κ3) is 2.86. The zero-order chi connectivity index (χ0) is 11.4. The van der Waals surface area contributed by atoms with Crippen LogP contribution in [0.1, 0.15) is 12.8 Å². The highest BCUT2D eigenvalue weighted by Gasteiger charge is 2.30. The van der Waals surface area contributed by atoms with Gasteiger partial charge in [0.25, 0.3) is 0 Å². The van der Waals surface area contributed by atoms with Crippen molar-refractivity contribution >= 4 is 11.8 Å².